The first-order valence-corrected chi connectivity index (χ1v) is 13.5. The third kappa shape index (κ3) is 5.21. The largest absolute Gasteiger partial charge is 0.448 e. The Kier molecular flexibility index (Phi) is 8.02. The van der Waals surface area contributed by atoms with E-state index in [0.717, 1.165) is 32.1 Å². The van der Waals surface area contributed by atoms with Crippen LogP contribution in [0.4, 0.5) is 4.79 Å². The molecule has 192 valence electrons. The molecule has 2 aromatic carbocycles. The molecule has 5 rings (SSSR count). The smallest absolute Gasteiger partial charge is 0.410 e. The zero-order valence-electron chi connectivity index (χ0n) is 21.2. The van der Waals surface area contributed by atoms with Crippen molar-refractivity contribution in [2.24, 2.45) is 5.92 Å². The zero-order valence-corrected chi connectivity index (χ0v) is 21.2. The van der Waals surface area contributed by atoms with E-state index in [-0.39, 0.29) is 35.8 Å². The van der Waals surface area contributed by atoms with Gasteiger partial charge in [0.05, 0.1) is 19.8 Å². The number of ether oxygens (including phenoxy) is 3. The monoisotopic (exact) mass is 491 g/mol. The minimum Gasteiger partial charge on any atom is -0.448 e. The van der Waals surface area contributed by atoms with Crippen molar-refractivity contribution in [3.63, 3.8) is 0 Å². The van der Waals surface area contributed by atoms with Crippen molar-refractivity contribution in [1.29, 1.82) is 0 Å². The van der Waals surface area contributed by atoms with Gasteiger partial charge < -0.3 is 19.1 Å². The van der Waals surface area contributed by atoms with Crippen LogP contribution in [0.5, 0.6) is 0 Å². The Morgan fingerprint density at radius 2 is 1.47 bits per heavy atom. The summed E-state index contributed by atoms with van der Waals surface area (Å²) in [5.74, 6) is 0.326. The highest BCUT2D eigenvalue weighted by atomic mass is 16.6. The van der Waals surface area contributed by atoms with E-state index in [1.807, 2.05) is 11.8 Å². The summed E-state index contributed by atoms with van der Waals surface area (Å²) in [6.07, 6.45) is 4.66. The van der Waals surface area contributed by atoms with Crippen molar-refractivity contribution in [3.05, 3.63) is 59.7 Å². The molecule has 2 saturated heterocycles. The Morgan fingerprint density at radius 1 is 0.861 bits per heavy atom. The average Bonchev–Trinajstić information content (AvgIpc) is 3.22. The molecule has 2 unspecified atom stereocenters. The van der Waals surface area contributed by atoms with Gasteiger partial charge in [-0.25, -0.2) is 4.79 Å². The molecule has 2 atom stereocenters. The molecule has 2 aliphatic heterocycles. The lowest BCUT2D eigenvalue weighted by atomic mass is 9.76. The predicted molar refractivity (Wildman–Crippen MR) is 138 cm³/mol. The highest BCUT2D eigenvalue weighted by Crippen LogP contribution is 2.45. The zero-order chi connectivity index (χ0) is 24.9. The molecular weight excluding hydrogens is 454 g/mol. The van der Waals surface area contributed by atoms with Gasteiger partial charge in [0.2, 0.25) is 0 Å². The molecule has 36 heavy (non-hydrogen) atoms. The number of fused-ring (bicyclic) bond motifs is 5. The van der Waals surface area contributed by atoms with Crippen LogP contribution in [-0.4, -0.2) is 61.9 Å². The van der Waals surface area contributed by atoms with E-state index in [2.05, 4.69) is 48.5 Å². The van der Waals surface area contributed by atoms with Crippen LogP contribution in [0.3, 0.4) is 0 Å². The van der Waals surface area contributed by atoms with Gasteiger partial charge in [0, 0.05) is 36.9 Å². The molecule has 0 radical (unpaired) electrons. The van der Waals surface area contributed by atoms with E-state index in [9.17, 15) is 9.59 Å². The Hall–Kier alpha value is -2.70. The Morgan fingerprint density at radius 3 is 2.11 bits per heavy atom. The molecule has 2 fully saturated rings. The average molecular weight is 492 g/mol. The first kappa shape index (κ1) is 25.0. The third-order valence-electron chi connectivity index (χ3n) is 8.05. The SMILES string of the molecule is CCOCCOCCC(=O)C1CC2CCCC(C1)N2C(=O)OCC1c2ccccc2-c2ccccc21. The van der Waals surface area contributed by atoms with Gasteiger partial charge in [-0.1, -0.05) is 48.5 Å². The molecule has 6 heteroatoms. The number of amides is 1. The van der Waals surface area contributed by atoms with Gasteiger partial charge in [0.1, 0.15) is 12.4 Å². The number of benzene rings is 2. The van der Waals surface area contributed by atoms with Crippen LogP contribution in [0.2, 0.25) is 0 Å². The second-order valence-corrected chi connectivity index (χ2v) is 10.1. The number of rotatable bonds is 10. The lowest BCUT2D eigenvalue weighted by Gasteiger charge is -2.47. The van der Waals surface area contributed by atoms with Crippen LogP contribution in [0, 0.1) is 5.92 Å². The number of nitrogens with zero attached hydrogens (tertiary/aromatic N) is 1. The summed E-state index contributed by atoms with van der Waals surface area (Å²) in [7, 11) is 0. The van der Waals surface area contributed by atoms with E-state index in [1.54, 1.807) is 0 Å². The quantitative estimate of drug-likeness (QED) is 0.406. The fourth-order valence-electron chi connectivity index (χ4n) is 6.35. The first-order chi connectivity index (χ1) is 17.7. The Bertz CT molecular complexity index is 1010. The lowest BCUT2D eigenvalue weighted by Crippen LogP contribution is -2.56. The Labute approximate surface area is 213 Å². The van der Waals surface area contributed by atoms with Crippen LogP contribution in [0.25, 0.3) is 11.1 Å². The summed E-state index contributed by atoms with van der Waals surface area (Å²) in [6.45, 7) is 4.49. The number of hydrogen-bond donors (Lipinski definition) is 0. The van der Waals surface area contributed by atoms with Crippen molar-refractivity contribution in [1.82, 2.24) is 4.90 Å². The van der Waals surface area contributed by atoms with Crippen molar-refractivity contribution >= 4 is 11.9 Å². The maximum atomic E-state index is 13.4. The molecule has 2 bridgehead atoms. The van der Waals surface area contributed by atoms with Crippen LogP contribution in [-0.2, 0) is 19.0 Å². The molecule has 3 aliphatic rings. The second-order valence-electron chi connectivity index (χ2n) is 10.1. The van der Waals surface area contributed by atoms with Crippen molar-refractivity contribution < 1.29 is 23.8 Å². The maximum absolute atomic E-state index is 13.4. The summed E-state index contributed by atoms with van der Waals surface area (Å²) in [5.41, 5.74) is 4.90. The van der Waals surface area contributed by atoms with Gasteiger partial charge in [-0.15, -0.1) is 0 Å². The van der Waals surface area contributed by atoms with Crippen LogP contribution in [0.1, 0.15) is 62.5 Å². The van der Waals surface area contributed by atoms with Crippen molar-refractivity contribution in [2.45, 2.75) is 63.5 Å². The number of piperidine rings is 2. The van der Waals surface area contributed by atoms with Crippen molar-refractivity contribution in [2.75, 3.05) is 33.0 Å². The molecule has 2 heterocycles. The molecular formula is C30H37NO5. The minimum atomic E-state index is -0.225. The van der Waals surface area contributed by atoms with Gasteiger partial charge >= 0.3 is 6.09 Å². The summed E-state index contributed by atoms with van der Waals surface area (Å²) in [6, 6.07) is 17.0. The highest BCUT2D eigenvalue weighted by molar-refractivity contribution is 5.82. The highest BCUT2D eigenvalue weighted by Gasteiger charge is 2.43. The lowest BCUT2D eigenvalue weighted by molar-refractivity contribution is -0.127. The topological polar surface area (TPSA) is 65.1 Å². The van der Waals surface area contributed by atoms with Gasteiger partial charge in [-0.05, 0) is 61.3 Å². The molecule has 0 aromatic heterocycles. The third-order valence-corrected chi connectivity index (χ3v) is 8.05. The summed E-state index contributed by atoms with van der Waals surface area (Å²) < 4.78 is 16.8. The second kappa shape index (κ2) is 11.6. The standard InChI is InChI=1S/C30H37NO5/c1-2-34-16-17-35-15-14-29(32)21-18-22-8-7-9-23(19-21)31(22)30(33)36-20-28-26-12-5-3-10-24(26)25-11-4-6-13-27(25)28/h3-6,10-13,21-23,28H,2,7-9,14-20H2,1H3. The van der Waals surface area contributed by atoms with Crippen LogP contribution >= 0.6 is 0 Å². The molecule has 2 aromatic rings. The molecule has 1 amide bonds. The van der Waals surface area contributed by atoms with Gasteiger partial charge in [-0.2, -0.15) is 0 Å². The fourth-order valence-corrected chi connectivity index (χ4v) is 6.35. The molecule has 0 saturated carbocycles. The summed E-state index contributed by atoms with van der Waals surface area (Å²) in [5, 5.41) is 0. The number of carbonyl (C=O) groups excluding carboxylic acids is 2. The van der Waals surface area contributed by atoms with E-state index in [0.29, 0.717) is 39.5 Å². The van der Waals surface area contributed by atoms with Gasteiger partial charge in [0.15, 0.2) is 0 Å². The predicted octanol–water partition coefficient (Wildman–Crippen LogP) is 5.58. The van der Waals surface area contributed by atoms with Crippen LogP contribution in [0.15, 0.2) is 48.5 Å². The summed E-state index contributed by atoms with van der Waals surface area (Å²) >= 11 is 0. The number of carbonyl (C=O) groups is 2. The number of Topliss-reactive ketones (excluding diaryl/α,β-unsaturated/α-hetero) is 1. The van der Waals surface area contributed by atoms with Crippen molar-refractivity contribution in [3.8, 4) is 11.1 Å². The number of ketones is 1. The van der Waals surface area contributed by atoms with Gasteiger partial charge in [-0.3, -0.25) is 4.79 Å². The molecule has 0 N–H and O–H groups in total. The normalized spacial score (nSPS) is 22.7. The van der Waals surface area contributed by atoms with Gasteiger partial charge in [0.25, 0.3) is 0 Å². The van der Waals surface area contributed by atoms with Crippen LogP contribution < -0.4 is 0 Å². The maximum Gasteiger partial charge on any atom is 0.410 e. The van der Waals surface area contributed by atoms with E-state index >= 15 is 0 Å². The first-order valence-electron chi connectivity index (χ1n) is 13.5. The summed E-state index contributed by atoms with van der Waals surface area (Å²) in [4.78, 5) is 28.2. The fraction of sp³-hybridized carbons (Fsp3) is 0.533. The van der Waals surface area contributed by atoms with E-state index in [4.69, 9.17) is 14.2 Å². The van der Waals surface area contributed by atoms with E-state index in [1.165, 1.54) is 22.3 Å². The number of hydrogen-bond acceptors (Lipinski definition) is 5. The minimum absolute atomic E-state index is 0.00780. The Balaban J connectivity index is 1.17. The molecule has 6 nitrogen and oxygen atoms in total. The van der Waals surface area contributed by atoms with E-state index < -0.39 is 0 Å². The molecule has 1 aliphatic carbocycles. The molecule has 0 spiro atoms.